The van der Waals surface area contributed by atoms with E-state index in [1.54, 1.807) is 0 Å². The van der Waals surface area contributed by atoms with Crippen molar-refractivity contribution in [2.75, 3.05) is 6.54 Å². The van der Waals surface area contributed by atoms with Gasteiger partial charge in [-0.15, -0.1) is 0 Å². The minimum absolute atomic E-state index is 0.0846. The molecule has 0 bridgehead atoms. The molecule has 0 aromatic carbocycles. The fourth-order valence-electron chi connectivity index (χ4n) is 4.12. The molecule has 3 heterocycles. The zero-order chi connectivity index (χ0) is 18.1. The number of aromatic nitrogens is 2. The predicted octanol–water partition coefficient (Wildman–Crippen LogP) is 4.46. The van der Waals surface area contributed by atoms with Gasteiger partial charge in [0.05, 0.1) is 17.8 Å². The summed E-state index contributed by atoms with van der Waals surface area (Å²) in [5.74, 6) is 0. The van der Waals surface area contributed by atoms with E-state index in [-0.39, 0.29) is 12.1 Å². The van der Waals surface area contributed by atoms with Gasteiger partial charge in [-0.2, -0.15) is 0 Å². The highest BCUT2D eigenvalue weighted by atomic mass is 32.1. The Bertz CT molecular complexity index is 751. The molecule has 0 amide bonds. The second kappa shape index (κ2) is 7.16. The van der Waals surface area contributed by atoms with Crippen molar-refractivity contribution < 1.29 is 0 Å². The number of pyridine rings is 1. The van der Waals surface area contributed by atoms with E-state index in [4.69, 9.17) is 12.2 Å². The molecule has 1 aliphatic rings. The third-order valence-electron chi connectivity index (χ3n) is 5.02. The van der Waals surface area contributed by atoms with E-state index in [2.05, 4.69) is 66.5 Å². The van der Waals surface area contributed by atoms with Crippen LogP contribution in [0.5, 0.6) is 0 Å². The van der Waals surface area contributed by atoms with Gasteiger partial charge in [-0.1, -0.05) is 13.0 Å². The number of nitrogens with one attached hydrogen (secondary N) is 1. The predicted molar refractivity (Wildman–Crippen MR) is 107 cm³/mol. The van der Waals surface area contributed by atoms with Crippen LogP contribution in [0.4, 0.5) is 0 Å². The van der Waals surface area contributed by atoms with Gasteiger partial charge in [0.2, 0.25) is 0 Å². The maximum atomic E-state index is 5.67. The van der Waals surface area contributed by atoms with E-state index in [9.17, 15) is 0 Å². The first kappa shape index (κ1) is 17.9. The highest BCUT2D eigenvalue weighted by molar-refractivity contribution is 7.80. The van der Waals surface area contributed by atoms with E-state index < -0.39 is 0 Å². The van der Waals surface area contributed by atoms with Crippen LogP contribution in [0, 0.1) is 13.8 Å². The summed E-state index contributed by atoms with van der Waals surface area (Å²) in [5, 5.41) is 4.35. The summed E-state index contributed by atoms with van der Waals surface area (Å²) in [6.45, 7) is 12.0. The van der Waals surface area contributed by atoms with Crippen molar-refractivity contribution in [2.24, 2.45) is 0 Å². The molecule has 134 valence electrons. The van der Waals surface area contributed by atoms with Crippen molar-refractivity contribution in [3.63, 3.8) is 0 Å². The summed E-state index contributed by atoms with van der Waals surface area (Å²) in [4.78, 5) is 6.94. The second-order valence-corrected chi connectivity index (χ2v) is 7.50. The van der Waals surface area contributed by atoms with Gasteiger partial charge < -0.3 is 14.8 Å². The first-order valence-electron chi connectivity index (χ1n) is 9.12. The molecule has 1 fully saturated rings. The van der Waals surface area contributed by atoms with E-state index >= 15 is 0 Å². The van der Waals surface area contributed by atoms with Crippen LogP contribution in [0.15, 0.2) is 30.5 Å². The summed E-state index contributed by atoms with van der Waals surface area (Å²) < 4.78 is 2.41. The average molecular weight is 357 g/mol. The van der Waals surface area contributed by atoms with Gasteiger partial charge in [-0.25, -0.2) is 0 Å². The molecule has 5 heteroatoms. The lowest BCUT2D eigenvalue weighted by atomic mass is 9.96. The van der Waals surface area contributed by atoms with Crippen LogP contribution in [-0.2, 0) is 0 Å². The van der Waals surface area contributed by atoms with E-state index in [1.807, 2.05) is 18.3 Å². The summed E-state index contributed by atoms with van der Waals surface area (Å²) in [5.41, 5.74) is 5.02. The maximum Gasteiger partial charge on any atom is 0.170 e. The minimum Gasteiger partial charge on any atom is -0.352 e. The molecule has 0 saturated carbocycles. The zero-order valence-corrected chi connectivity index (χ0v) is 16.6. The van der Waals surface area contributed by atoms with Crippen molar-refractivity contribution in [1.82, 2.24) is 19.8 Å². The first-order chi connectivity index (χ1) is 12.0. The lowest BCUT2D eigenvalue weighted by molar-refractivity contribution is 0.316. The Kier molecular flexibility index (Phi) is 5.13. The molecule has 25 heavy (non-hydrogen) atoms. The van der Waals surface area contributed by atoms with E-state index in [0.29, 0.717) is 6.04 Å². The van der Waals surface area contributed by atoms with Crippen molar-refractivity contribution in [1.29, 1.82) is 0 Å². The van der Waals surface area contributed by atoms with Crippen LogP contribution in [-0.4, -0.2) is 26.1 Å². The molecule has 3 rings (SSSR count). The van der Waals surface area contributed by atoms with Crippen molar-refractivity contribution in [3.8, 4) is 0 Å². The standard InChI is InChI=1S/C20H28N4S/c1-6-11-23-19(16-12-14(4)24(13(2)3)15(16)5)18(22-20(23)25)17-9-7-8-10-21-17/h7-10,12-13,18-19H,6,11H2,1-5H3,(H,22,25)/t18-,19+/m1/s1. The number of rotatable bonds is 5. The Balaban J connectivity index is 2.10. The molecular formula is C20H28N4S. The fraction of sp³-hybridized carbons (Fsp3) is 0.500. The Morgan fingerprint density at radius 2 is 2.04 bits per heavy atom. The lowest BCUT2D eigenvalue weighted by Gasteiger charge is -2.28. The van der Waals surface area contributed by atoms with Gasteiger partial charge >= 0.3 is 0 Å². The first-order valence-corrected chi connectivity index (χ1v) is 9.52. The second-order valence-electron chi connectivity index (χ2n) is 7.11. The Labute approximate surface area is 156 Å². The van der Waals surface area contributed by atoms with Gasteiger partial charge in [0.1, 0.15) is 0 Å². The van der Waals surface area contributed by atoms with Gasteiger partial charge in [-0.05, 0) is 70.1 Å². The Morgan fingerprint density at radius 3 is 2.60 bits per heavy atom. The van der Waals surface area contributed by atoms with Gasteiger partial charge in [0.25, 0.3) is 0 Å². The third kappa shape index (κ3) is 3.17. The number of aryl methyl sites for hydroxylation is 1. The molecule has 4 nitrogen and oxygen atoms in total. The van der Waals surface area contributed by atoms with Crippen LogP contribution in [0.25, 0.3) is 0 Å². The molecule has 1 N–H and O–H groups in total. The minimum atomic E-state index is 0.0846. The highest BCUT2D eigenvalue weighted by Crippen LogP contribution is 2.41. The topological polar surface area (TPSA) is 33.1 Å². The molecular weight excluding hydrogens is 328 g/mol. The van der Waals surface area contributed by atoms with Crippen LogP contribution < -0.4 is 5.32 Å². The average Bonchev–Trinajstić information content (AvgIpc) is 3.05. The van der Waals surface area contributed by atoms with E-state index in [1.165, 1.54) is 17.0 Å². The number of hydrogen-bond donors (Lipinski definition) is 1. The molecule has 0 aliphatic carbocycles. The molecule has 1 saturated heterocycles. The van der Waals surface area contributed by atoms with Crippen molar-refractivity contribution in [3.05, 3.63) is 53.1 Å². The maximum absolute atomic E-state index is 5.67. The van der Waals surface area contributed by atoms with Crippen LogP contribution in [0.2, 0.25) is 0 Å². The number of nitrogens with zero attached hydrogens (tertiary/aromatic N) is 3. The molecule has 1 aliphatic heterocycles. The zero-order valence-electron chi connectivity index (χ0n) is 15.8. The van der Waals surface area contributed by atoms with Crippen molar-refractivity contribution >= 4 is 17.3 Å². The van der Waals surface area contributed by atoms with Crippen LogP contribution in [0.1, 0.15) is 68.0 Å². The van der Waals surface area contributed by atoms with E-state index in [0.717, 1.165) is 23.8 Å². The molecule has 0 radical (unpaired) electrons. The fourth-order valence-corrected chi connectivity index (χ4v) is 4.45. The molecule has 0 spiro atoms. The summed E-state index contributed by atoms with van der Waals surface area (Å²) in [6.07, 6.45) is 2.92. The van der Waals surface area contributed by atoms with Gasteiger partial charge in [0.15, 0.2) is 5.11 Å². The Hall–Kier alpha value is -1.88. The monoisotopic (exact) mass is 356 g/mol. The lowest BCUT2D eigenvalue weighted by Crippen LogP contribution is -2.30. The van der Waals surface area contributed by atoms with Crippen LogP contribution in [0.3, 0.4) is 0 Å². The van der Waals surface area contributed by atoms with Gasteiger partial charge in [-0.3, -0.25) is 4.98 Å². The largest absolute Gasteiger partial charge is 0.352 e. The molecule has 0 unspecified atom stereocenters. The number of hydrogen-bond acceptors (Lipinski definition) is 2. The smallest absolute Gasteiger partial charge is 0.170 e. The summed E-state index contributed by atoms with van der Waals surface area (Å²) >= 11 is 5.67. The SMILES string of the molecule is CCCN1C(=S)N[C@H](c2ccccn2)[C@@H]1c1cc(C)n(C(C)C)c1C. The van der Waals surface area contributed by atoms with Crippen LogP contribution >= 0.6 is 12.2 Å². The normalized spacial score (nSPS) is 20.4. The van der Waals surface area contributed by atoms with Crippen molar-refractivity contribution in [2.45, 2.75) is 59.2 Å². The molecule has 2 aromatic rings. The Morgan fingerprint density at radius 1 is 1.28 bits per heavy atom. The highest BCUT2D eigenvalue weighted by Gasteiger charge is 2.40. The summed E-state index contributed by atoms with van der Waals surface area (Å²) in [7, 11) is 0. The molecule has 2 aromatic heterocycles. The third-order valence-corrected chi connectivity index (χ3v) is 5.37. The van der Waals surface area contributed by atoms with Gasteiger partial charge in [0, 0.05) is 30.2 Å². The number of thiocarbonyl (C=S) groups is 1. The quantitative estimate of drug-likeness (QED) is 0.802. The summed E-state index contributed by atoms with van der Waals surface area (Å²) in [6, 6.07) is 9.13. The molecule has 2 atom stereocenters.